The number of aromatic nitrogens is 3. The lowest BCUT2D eigenvalue weighted by molar-refractivity contribution is -0.00335. The maximum absolute atomic E-state index is 11.5. The maximum Gasteiger partial charge on any atom is 0.209 e. The van der Waals surface area contributed by atoms with E-state index in [2.05, 4.69) is 15.0 Å². The zero-order valence-electron chi connectivity index (χ0n) is 13.7. The zero-order valence-corrected chi connectivity index (χ0v) is 14.6. The first-order chi connectivity index (χ1) is 10.2. The number of sulfonamides is 1. The summed E-state index contributed by atoms with van der Waals surface area (Å²) < 4.78 is 33.2. The van der Waals surface area contributed by atoms with Gasteiger partial charge in [0.05, 0.1) is 30.1 Å². The highest BCUT2D eigenvalue weighted by Crippen LogP contribution is 2.31. The summed E-state index contributed by atoms with van der Waals surface area (Å²) in [6.07, 6.45) is 7.48. The minimum atomic E-state index is -3.32. The van der Waals surface area contributed by atoms with E-state index in [0.29, 0.717) is 12.3 Å². The molecule has 1 aliphatic carbocycles. The highest BCUT2D eigenvalue weighted by molar-refractivity contribution is 7.88. The molecule has 0 spiro atoms. The molecule has 0 bridgehead atoms. The molecular formula is C14H26N4O3S. The molecule has 0 unspecified atom stereocenters. The third kappa shape index (κ3) is 4.27. The average molecular weight is 330 g/mol. The summed E-state index contributed by atoms with van der Waals surface area (Å²) >= 11 is 0. The summed E-state index contributed by atoms with van der Waals surface area (Å²) in [4.78, 5) is 0. The number of ether oxygens (including phenoxy) is 1. The molecule has 8 heteroatoms. The number of nitrogens with zero attached hydrogens (tertiary/aromatic N) is 3. The Morgan fingerprint density at radius 3 is 2.73 bits per heavy atom. The van der Waals surface area contributed by atoms with Gasteiger partial charge in [-0.15, -0.1) is 5.10 Å². The number of rotatable bonds is 6. The standard InChI is InChI=1S/C14H26N4O3S/c1-5-21-12-9-7-6-8-11(12)18-10-13(15-17-18)14(2,3)16-22(4,19)20/h10-12,16H,5-9H2,1-4H3/t11-,12-/m1/s1. The van der Waals surface area contributed by atoms with E-state index < -0.39 is 15.6 Å². The van der Waals surface area contributed by atoms with Crippen molar-refractivity contribution in [1.29, 1.82) is 0 Å². The van der Waals surface area contributed by atoms with E-state index in [1.54, 1.807) is 13.8 Å². The third-order valence-corrected chi connectivity index (χ3v) is 4.86. The van der Waals surface area contributed by atoms with Crippen molar-refractivity contribution in [2.75, 3.05) is 12.9 Å². The second kappa shape index (κ2) is 6.64. The normalized spacial score (nSPS) is 23.6. The molecule has 126 valence electrons. The lowest BCUT2D eigenvalue weighted by Gasteiger charge is -2.31. The predicted octanol–water partition coefficient (Wildman–Crippen LogP) is 1.58. The summed E-state index contributed by atoms with van der Waals surface area (Å²) in [5.74, 6) is 0. The Kier molecular flexibility index (Phi) is 5.24. The second-order valence-electron chi connectivity index (χ2n) is 6.43. The van der Waals surface area contributed by atoms with Crippen LogP contribution in [-0.4, -0.2) is 42.4 Å². The van der Waals surface area contributed by atoms with Crippen LogP contribution in [0.5, 0.6) is 0 Å². The Bertz CT molecular complexity index is 595. The van der Waals surface area contributed by atoms with Crippen LogP contribution in [0.15, 0.2) is 6.20 Å². The Morgan fingerprint density at radius 1 is 1.41 bits per heavy atom. The zero-order chi connectivity index (χ0) is 16.4. The van der Waals surface area contributed by atoms with Crippen LogP contribution in [0.1, 0.15) is 58.2 Å². The fraction of sp³-hybridized carbons (Fsp3) is 0.857. The first-order valence-electron chi connectivity index (χ1n) is 7.76. The van der Waals surface area contributed by atoms with Crippen molar-refractivity contribution in [1.82, 2.24) is 19.7 Å². The van der Waals surface area contributed by atoms with E-state index in [4.69, 9.17) is 4.74 Å². The monoisotopic (exact) mass is 330 g/mol. The third-order valence-electron chi connectivity index (χ3n) is 3.98. The van der Waals surface area contributed by atoms with Crippen LogP contribution in [0, 0.1) is 0 Å². The Labute approximate surface area is 132 Å². The summed E-state index contributed by atoms with van der Waals surface area (Å²) in [5.41, 5.74) is -0.180. The Hall–Kier alpha value is -0.990. The molecule has 1 aromatic rings. The van der Waals surface area contributed by atoms with Crippen molar-refractivity contribution < 1.29 is 13.2 Å². The van der Waals surface area contributed by atoms with Crippen molar-refractivity contribution in [2.24, 2.45) is 0 Å². The Morgan fingerprint density at radius 2 is 2.09 bits per heavy atom. The van der Waals surface area contributed by atoms with Crippen LogP contribution >= 0.6 is 0 Å². The summed E-state index contributed by atoms with van der Waals surface area (Å²) in [6.45, 7) is 6.24. The first-order valence-corrected chi connectivity index (χ1v) is 9.65. The molecule has 0 saturated heterocycles. The van der Waals surface area contributed by atoms with Gasteiger partial charge < -0.3 is 4.74 Å². The molecule has 1 N–H and O–H groups in total. The molecule has 0 radical (unpaired) electrons. The van der Waals surface area contributed by atoms with Crippen LogP contribution in [0.3, 0.4) is 0 Å². The highest BCUT2D eigenvalue weighted by atomic mass is 32.2. The minimum Gasteiger partial charge on any atom is -0.376 e. The second-order valence-corrected chi connectivity index (χ2v) is 8.18. The maximum atomic E-state index is 11.5. The molecular weight excluding hydrogens is 304 g/mol. The molecule has 1 aliphatic rings. The van der Waals surface area contributed by atoms with Crippen molar-refractivity contribution in [2.45, 2.75) is 64.1 Å². The highest BCUT2D eigenvalue weighted by Gasteiger charge is 2.31. The van der Waals surface area contributed by atoms with Gasteiger partial charge in [-0.05, 0) is 33.6 Å². The topological polar surface area (TPSA) is 86.1 Å². The number of hydrogen-bond acceptors (Lipinski definition) is 5. The van der Waals surface area contributed by atoms with Gasteiger partial charge in [-0.3, -0.25) is 0 Å². The van der Waals surface area contributed by atoms with Gasteiger partial charge in [0, 0.05) is 6.61 Å². The smallest absolute Gasteiger partial charge is 0.209 e. The van der Waals surface area contributed by atoms with Crippen molar-refractivity contribution >= 4 is 10.0 Å². The fourth-order valence-corrected chi connectivity index (χ4v) is 4.06. The van der Waals surface area contributed by atoms with E-state index in [1.165, 1.54) is 6.42 Å². The molecule has 2 atom stereocenters. The van der Waals surface area contributed by atoms with Gasteiger partial charge in [-0.25, -0.2) is 17.8 Å². The van der Waals surface area contributed by atoms with Crippen LogP contribution in [-0.2, 0) is 20.3 Å². The van der Waals surface area contributed by atoms with Gasteiger partial charge in [0.2, 0.25) is 10.0 Å². The van der Waals surface area contributed by atoms with Crippen LogP contribution in [0.25, 0.3) is 0 Å². The largest absolute Gasteiger partial charge is 0.376 e. The fourth-order valence-electron chi connectivity index (χ4n) is 3.03. The molecule has 1 saturated carbocycles. The molecule has 1 fully saturated rings. The molecule has 2 rings (SSSR count). The predicted molar refractivity (Wildman–Crippen MR) is 83.9 cm³/mol. The SMILES string of the molecule is CCO[C@@H]1CCCC[C@H]1n1cc(C(C)(C)NS(C)(=O)=O)nn1. The van der Waals surface area contributed by atoms with Gasteiger partial charge >= 0.3 is 0 Å². The van der Waals surface area contributed by atoms with Gasteiger partial charge in [0.25, 0.3) is 0 Å². The van der Waals surface area contributed by atoms with Crippen LogP contribution in [0.4, 0.5) is 0 Å². The van der Waals surface area contributed by atoms with E-state index in [-0.39, 0.29) is 12.1 Å². The lowest BCUT2D eigenvalue weighted by atomic mass is 9.92. The molecule has 1 heterocycles. The molecule has 0 aromatic carbocycles. The lowest BCUT2D eigenvalue weighted by Crippen LogP contribution is -2.40. The van der Waals surface area contributed by atoms with Crippen molar-refractivity contribution in [3.63, 3.8) is 0 Å². The van der Waals surface area contributed by atoms with Crippen LogP contribution in [0.2, 0.25) is 0 Å². The Balaban J connectivity index is 2.19. The summed E-state index contributed by atoms with van der Waals surface area (Å²) in [5, 5.41) is 8.39. The van der Waals surface area contributed by atoms with Gasteiger partial charge in [-0.1, -0.05) is 18.1 Å². The summed E-state index contributed by atoms with van der Waals surface area (Å²) in [6, 6.07) is 0.170. The van der Waals surface area contributed by atoms with Gasteiger partial charge in [0.1, 0.15) is 5.69 Å². The molecule has 0 amide bonds. The van der Waals surface area contributed by atoms with E-state index in [9.17, 15) is 8.42 Å². The van der Waals surface area contributed by atoms with Crippen molar-refractivity contribution in [3.8, 4) is 0 Å². The van der Waals surface area contributed by atoms with Crippen molar-refractivity contribution in [3.05, 3.63) is 11.9 Å². The minimum absolute atomic E-state index is 0.152. The molecule has 1 aromatic heterocycles. The van der Waals surface area contributed by atoms with E-state index in [0.717, 1.165) is 25.5 Å². The average Bonchev–Trinajstić information content (AvgIpc) is 2.87. The molecule has 7 nitrogen and oxygen atoms in total. The van der Waals surface area contributed by atoms with E-state index >= 15 is 0 Å². The number of hydrogen-bond donors (Lipinski definition) is 1. The quantitative estimate of drug-likeness (QED) is 0.856. The van der Waals surface area contributed by atoms with Gasteiger partial charge in [-0.2, -0.15) is 0 Å². The first kappa shape index (κ1) is 17.4. The molecule has 22 heavy (non-hydrogen) atoms. The summed E-state index contributed by atoms with van der Waals surface area (Å²) in [7, 11) is -3.32. The number of nitrogens with one attached hydrogen (secondary N) is 1. The molecule has 0 aliphatic heterocycles. The van der Waals surface area contributed by atoms with Crippen LogP contribution < -0.4 is 4.72 Å². The van der Waals surface area contributed by atoms with Gasteiger partial charge in [0.15, 0.2) is 0 Å². The van der Waals surface area contributed by atoms with E-state index in [1.807, 2.05) is 17.8 Å².